The average Bonchev–Trinajstić information content (AvgIpc) is 2.36. The number of hydrogen-bond donors (Lipinski definition) is 0. The van der Waals surface area contributed by atoms with Gasteiger partial charge in [0.2, 0.25) is 0 Å². The van der Waals surface area contributed by atoms with Crippen molar-refractivity contribution >= 4 is 21.9 Å². The first-order chi connectivity index (χ1) is 8.63. The van der Waals surface area contributed by atoms with Crippen LogP contribution in [0.1, 0.15) is 32.3 Å². The number of carbonyl (C=O) groups is 1. The zero-order chi connectivity index (χ0) is 13.4. The lowest BCUT2D eigenvalue weighted by molar-refractivity contribution is -0.143. The lowest BCUT2D eigenvalue weighted by Gasteiger charge is -2.04. The molecule has 18 heavy (non-hydrogen) atoms. The molecule has 3 heteroatoms. The van der Waals surface area contributed by atoms with Crippen molar-refractivity contribution in [2.24, 2.45) is 0 Å². The fraction of sp³-hybridized carbons (Fsp3) is 0.400. The van der Waals surface area contributed by atoms with Crippen LogP contribution in [-0.4, -0.2) is 12.6 Å². The molecule has 0 aliphatic heterocycles. The second-order valence-corrected chi connectivity index (χ2v) is 5.01. The number of allylic oxidation sites excluding steroid dienone is 2. The Labute approximate surface area is 117 Å². The molecule has 0 saturated carbocycles. The number of carbonyl (C=O) groups excluding carboxylic acids is 1. The summed E-state index contributed by atoms with van der Waals surface area (Å²) in [6.45, 7) is 4.34. The Morgan fingerprint density at radius 1 is 1.33 bits per heavy atom. The minimum atomic E-state index is -0.119. The Kier molecular flexibility index (Phi) is 6.73. The minimum Gasteiger partial charge on any atom is -0.466 e. The van der Waals surface area contributed by atoms with E-state index in [1.54, 1.807) is 0 Å². The lowest BCUT2D eigenvalue weighted by atomic mass is 10.1. The highest BCUT2D eigenvalue weighted by Crippen LogP contribution is 2.17. The monoisotopic (exact) mass is 310 g/mol. The molecule has 0 N–H and O–H groups in total. The van der Waals surface area contributed by atoms with Gasteiger partial charge in [-0.2, -0.15) is 0 Å². The normalized spacial score (nSPS) is 11.4. The number of benzene rings is 1. The highest BCUT2D eigenvalue weighted by Gasteiger charge is 2.02. The van der Waals surface area contributed by atoms with Gasteiger partial charge in [-0.3, -0.25) is 4.79 Å². The Bertz CT molecular complexity index is 424. The fourth-order valence-corrected chi connectivity index (χ4v) is 2.03. The third kappa shape index (κ3) is 5.50. The molecule has 0 radical (unpaired) electrons. The van der Waals surface area contributed by atoms with E-state index >= 15 is 0 Å². The molecule has 0 heterocycles. The molecule has 1 rings (SSSR count). The van der Waals surface area contributed by atoms with Crippen molar-refractivity contribution in [3.8, 4) is 0 Å². The molecule has 0 fully saturated rings. The molecule has 1 aromatic rings. The van der Waals surface area contributed by atoms with Crippen molar-refractivity contribution in [3.05, 3.63) is 46.0 Å². The number of halogens is 1. The smallest absolute Gasteiger partial charge is 0.306 e. The van der Waals surface area contributed by atoms with Crippen LogP contribution in [0.2, 0.25) is 0 Å². The molecule has 0 aromatic heterocycles. The molecule has 0 aliphatic rings. The Balaban J connectivity index is 2.43. The van der Waals surface area contributed by atoms with Gasteiger partial charge in [-0.1, -0.05) is 45.8 Å². The molecule has 0 saturated heterocycles. The van der Waals surface area contributed by atoms with Gasteiger partial charge in [0.05, 0.1) is 6.61 Å². The number of esters is 1. The van der Waals surface area contributed by atoms with E-state index in [0.29, 0.717) is 13.0 Å². The van der Waals surface area contributed by atoms with E-state index in [1.165, 1.54) is 11.1 Å². The van der Waals surface area contributed by atoms with Crippen LogP contribution in [0.15, 0.2) is 40.4 Å². The van der Waals surface area contributed by atoms with E-state index in [-0.39, 0.29) is 5.97 Å². The predicted molar refractivity (Wildman–Crippen MR) is 77.5 cm³/mol. The largest absolute Gasteiger partial charge is 0.466 e. The van der Waals surface area contributed by atoms with E-state index in [4.69, 9.17) is 4.74 Å². The van der Waals surface area contributed by atoms with Crippen LogP contribution in [0, 0.1) is 0 Å². The van der Waals surface area contributed by atoms with Crippen LogP contribution >= 0.6 is 15.9 Å². The first kappa shape index (κ1) is 15.0. The van der Waals surface area contributed by atoms with Crippen molar-refractivity contribution < 1.29 is 9.53 Å². The molecule has 0 spiro atoms. The van der Waals surface area contributed by atoms with E-state index in [1.807, 2.05) is 25.1 Å². The topological polar surface area (TPSA) is 26.3 Å². The summed E-state index contributed by atoms with van der Waals surface area (Å²) in [6.07, 6.45) is 4.28. The second kappa shape index (κ2) is 8.09. The van der Waals surface area contributed by atoms with Crippen LogP contribution in [0.3, 0.4) is 0 Å². The Hall–Kier alpha value is -1.09. The number of hydrogen-bond acceptors (Lipinski definition) is 2. The summed E-state index contributed by atoms with van der Waals surface area (Å²) in [5.74, 6) is -0.119. The summed E-state index contributed by atoms with van der Waals surface area (Å²) in [4.78, 5) is 11.2. The standard InChI is InChI=1S/C15H19BrO2/c1-3-18-15(17)11-9-12(2)8-10-13-6-4-5-7-14(13)16/h4-8H,3,9-11H2,1-2H3/b12-8+. The second-order valence-electron chi connectivity index (χ2n) is 4.15. The average molecular weight is 311 g/mol. The molecule has 0 unspecified atom stereocenters. The zero-order valence-electron chi connectivity index (χ0n) is 10.9. The molecular formula is C15H19BrO2. The molecule has 0 aliphatic carbocycles. The van der Waals surface area contributed by atoms with E-state index in [2.05, 4.69) is 35.0 Å². The summed E-state index contributed by atoms with van der Waals surface area (Å²) in [6, 6.07) is 8.17. The summed E-state index contributed by atoms with van der Waals surface area (Å²) in [5.41, 5.74) is 2.48. The van der Waals surface area contributed by atoms with Crippen LogP contribution in [0.4, 0.5) is 0 Å². The maximum atomic E-state index is 11.2. The summed E-state index contributed by atoms with van der Waals surface area (Å²) in [7, 11) is 0. The molecule has 0 atom stereocenters. The number of rotatable bonds is 6. The van der Waals surface area contributed by atoms with Crippen LogP contribution in [-0.2, 0) is 16.0 Å². The van der Waals surface area contributed by atoms with Gasteiger partial charge >= 0.3 is 5.97 Å². The first-order valence-corrected chi connectivity index (χ1v) is 6.97. The molecule has 0 amide bonds. The van der Waals surface area contributed by atoms with Crippen molar-refractivity contribution in [3.63, 3.8) is 0 Å². The van der Waals surface area contributed by atoms with Gasteiger partial charge in [0.25, 0.3) is 0 Å². The van der Waals surface area contributed by atoms with Crippen LogP contribution in [0.25, 0.3) is 0 Å². The Morgan fingerprint density at radius 2 is 2.06 bits per heavy atom. The summed E-state index contributed by atoms with van der Waals surface area (Å²) >= 11 is 3.53. The van der Waals surface area contributed by atoms with Gasteiger partial charge in [-0.15, -0.1) is 0 Å². The quantitative estimate of drug-likeness (QED) is 0.579. The molecule has 98 valence electrons. The summed E-state index contributed by atoms with van der Waals surface area (Å²) < 4.78 is 6.02. The Morgan fingerprint density at radius 3 is 2.72 bits per heavy atom. The van der Waals surface area contributed by atoms with Crippen LogP contribution in [0.5, 0.6) is 0 Å². The van der Waals surface area contributed by atoms with Gasteiger partial charge in [0.1, 0.15) is 0 Å². The summed E-state index contributed by atoms with van der Waals surface area (Å²) in [5, 5.41) is 0. The minimum absolute atomic E-state index is 0.119. The third-order valence-electron chi connectivity index (χ3n) is 2.66. The molecule has 0 bridgehead atoms. The maximum Gasteiger partial charge on any atom is 0.306 e. The molecule has 2 nitrogen and oxygen atoms in total. The van der Waals surface area contributed by atoms with Crippen molar-refractivity contribution in [1.82, 2.24) is 0 Å². The highest BCUT2D eigenvalue weighted by atomic mass is 79.9. The third-order valence-corrected chi connectivity index (χ3v) is 3.43. The first-order valence-electron chi connectivity index (χ1n) is 6.18. The predicted octanol–water partition coefficient (Wildman–Crippen LogP) is 4.28. The van der Waals surface area contributed by atoms with E-state index < -0.39 is 0 Å². The van der Waals surface area contributed by atoms with Crippen LogP contribution < -0.4 is 0 Å². The van der Waals surface area contributed by atoms with Crippen molar-refractivity contribution in [1.29, 1.82) is 0 Å². The van der Waals surface area contributed by atoms with Crippen molar-refractivity contribution in [2.75, 3.05) is 6.61 Å². The van der Waals surface area contributed by atoms with Gasteiger partial charge in [0.15, 0.2) is 0 Å². The SMILES string of the molecule is CCOC(=O)CC/C(C)=C/Cc1ccccc1Br. The van der Waals surface area contributed by atoms with Gasteiger partial charge in [0, 0.05) is 10.9 Å². The molecular weight excluding hydrogens is 292 g/mol. The van der Waals surface area contributed by atoms with E-state index in [9.17, 15) is 4.79 Å². The van der Waals surface area contributed by atoms with Crippen molar-refractivity contribution in [2.45, 2.75) is 33.1 Å². The van der Waals surface area contributed by atoms with Gasteiger partial charge in [-0.25, -0.2) is 0 Å². The maximum absolute atomic E-state index is 11.2. The lowest BCUT2D eigenvalue weighted by Crippen LogP contribution is -2.03. The van der Waals surface area contributed by atoms with Gasteiger partial charge in [-0.05, 0) is 38.3 Å². The number of ether oxygens (including phenoxy) is 1. The van der Waals surface area contributed by atoms with Gasteiger partial charge < -0.3 is 4.74 Å². The zero-order valence-corrected chi connectivity index (χ0v) is 12.5. The molecule has 1 aromatic carbocycles. The van der Waals surface area contributed by atoms with E-state index in [0.717, 1.165) is 17.3 Å². The fourth-order valence-electron chi connectivity index (χ4n) is 1.58. The highest BCUT2D eigenvalue weighted by molar-refractivity contribution is 9.10.